The molecule has 1 N–H and O–H groups in total. The van der Waals surface area contributed by atoms with E-state index in [1.807, 2.05) is 0 Å². The molecular formula is C7H5N3O2. The van der Waals surface area contributed by atoms with Crippen LogP contribution in [0.25, 0.3) is 11.0 Å². The number of pyridine rings is 1. The van der Waals surface area contributed by atoms with Crippen molar-refractivity contribution in [2.24, 2.45) is 0 Å². The summed E-state index contributed by atoms with van der Waals surface area (Å²) in [7, 11) is 0. The highest BCUT2D eigenvalue weighted by Crippen LogP contribution is 2.03. The lowest BCUT2D eigenvalue weighted by molar-refractivity contribution is 0.182. The van der Waals surface area contributed by atoms with Crippen LogP contribution in [0.15, 0.2) is 29.3 Å². The van der Waals surface area contributed by atoms with Crippen molar-refractivity contribution in [2.75, 3.05) is 0 Å². The Morgan fingerprint density at radius 3 is 3.08 bits per heavy atom. The van der Waals surface area contributed by atoms with Crippen LogP contribution in [-0.4, -0.2) is 19.9 Å². The van der Waals surface area contributed by atoms with Gasteiger partial charge in [-0.1, -0.05) is 0 Å². The predicted octanol–water partition coefficient (Wildman–Crippen LogP) is 0.0288. The Bertz CT molecular complexity index is 477. The molecule has 12 heavy (non-hydrogen) atoms. The lowest BCUT2D eigenvalue weighted by atomic mass is 10.3. The number of rotatable bonds is 0. The van der Waals surface area contributed by atoms with Gasteiger partial charge in [-0.3, -0.25) is 0 Å². The van der Waals surface area contributed by atoms with E-state index in [2.05, 4.69) is 9.97 Å². The van der Waals surface area contributed by atoms with Crippen LogP contribution in [0.5, 0.6) is 0 Å². The van der Waals surface area contributed by atoms with Crippen molar-refractivity contribution in [3.63, 3.8) is 0 Å². The topological polar surface area (TPSA) is 68.0 Å². The molecule has 2 rings (SSSR count). The first-order valence-electron chi connectivity index (χ1n) is 3.31. The molecule has 0 atom stereocenters. The van der Waals surface area contributed by atoms with E-state index in [0.29, 0.717) is 10.1 Å². The first-order chi connectivity index (χ1) is 5.79. The Morgan fingerprint density at radius 1 is 1.42 bits per heavy atom. The second kappa shape index (κ2) is 2.30. The van der Waals surface area contributed by atoms with Gasteiger partial charge in [0.05, 0.1) is 0 Å². The largest absolute Gasteiger partial charge is 0.422 e. The van der Waals surface area contributed by atoms with Crippen molar-refractivity contribution < 1.29 is 5.21 Å². The maximum atomic E-state index is 10.8. The summed E-state index contributed by atoms with van der Waals surface area (Å²) in [5.41, 5.74) is -0.501. The molecule has 0 bridgehead atoms. The molecule has 0 radical (unpaired) electrons. The third-order valence-electron chi connectivity index (χ3n) is 1.51. The number of aromatic nitrogens is 3. The normalized spacial score (nSPS) is 10.3. The summed E-state index contributed by atoms with van der Waals surface area (Å²) in [6.45, 7) is 0. The molecule has 0 unspecified atom stereocenters. The van der Waals surface area contributed by atoms with Crippen LogP contribution in [-0.2, 0) is 0 Å². The number of nitrogens with zero attached hydrogens (tertiary/aromatic N) is 3. The van der Waals surface area contributed by atoms with E-state index >= 15 is 0 Å². The zero-order chi connectivity index (χ0) is 8.55. The Balaban J connectivity index is 3.01. The van der Waals surface area contributed by atoms with Gasteiger partial charge in [-0.25, -0.2) is 9.78 Å². The van der Waals surface area contributed by atoms with Gasteiger partial charge in [0, 0.05) is 17.8 Å². The molecule has 2 heterocycles. The highest BCUT2D eigenvalue weighted by Gasteiger charge is 2.00. The molecule has 60 valence electrons. The van der Waals surface area contributed by atoms with Gasteiger partial charge in [0.25, 0.3) is 0 Å². The van der Waals surface area contributed by atoms with Crippen LogP contribution in [0.1, 0.15) is 0 Å². The average Bonchev–Trinajstić information content (AvgIpc) is 2.12. The quantitative estimate of drug-likeness (QED) is 0.556. The van der Waals surface area contributed by atoms with Crippen molar-refractivity contribution in [2.45, 2.75) is 0 Å². The third-order valence-corrected chi connectivity index (χ3v) is 1.51. The smallest absolute Gasteiger partial charge is 0.382 e. The van der Waals surface area contributed by atoms with Gasteiger partial charge in [0.15, 0.2) is 5.65 Å². The minimum absolute atomic E-state index is 0.220. The molecule has 5 heteroatoms. The summed E-state index contributed by atoms with van der Waals surface area (Å²) in [6, 6.07) is 3.41. The number of fused-ring (bicyclic) bond motifs is 1. The van der Waals surface area contributed by atoms with Crippen LogP contribution < -0.4 is 5.69 Å². The zero-order valence-corrected chi connectivity index (χ0v) is 6.01. The molecule has 0 aliphatic heterocycles. The molecule has 5 nitrogen and oxygen atoms in total. The molecule has 0 aromatic carbocycles. The SMILES string of the molecule is O=c1ncc2cccnc2n1O. The predicted molar refractivity (Wildman–Crippen MR) is 41.0 cm³/mol. The molecule has 0 spiro atoms. The molecule has 0 fully saturated rings. The summed E-state index contributed by atoms with van der Waals surface area (Å²) in [6.07, 6.45) is 2.87. The van der Waals surface area contributed by atoms with Crippen LogP contribution in [0.4, 0.5) is 0 Å². The molecule has 2 aromatic heterocycles. The highest BCUT2D eigenvalue weighted by atomic mass is 16.5. The van der Waals surface area contributed by atoms with Crippen LogP contribution in [0, 0.1) is 0 Å². The van der Waals surface area contributed by atoms with Gasteiger partial charge in [0.2, 0.25) is 0 Å². The fraction of sp³-hybridized carbons (Fsp3) is 0. The van der Waals surface area contributed by atoms with Crippen molar-refractivity contribution in [1.29, 1.82) is 0 Å². The van der Waals surface area contributed by atoms with Crippen LogP contribution in [0.2, 0.25) is 0 Å². The average molecular weight is 163 g/mol. The molecule has 0 saturated carbocycles. The molecule has 0 aliphatic carbocycles. The Hall–Kier alpha value is -1.91. The maximum Gasteiger partial charge on any atom is 0.382 e. The molecule has 0 saturated heterocycles. The van der Waals surface area contributed by atoms with E-state index in [9.17, 15) is 4.79 Å². The third kappa shape index (κ3) is 0.833. The van der Waals surface area contributed by atoms with Gasteiger partial charge < -0.3 is 5.21 Å². The Kier molecular flexibility index (Phi) is 1.30. The fourth-order valence-corrected chi connectivity index (χ4v) is 0.957. The second-order valence-electron chi connectivity index (χ2n) is 2.27. The van der Waals surface area contributed by atoms with Crippen LogP contribution >= 0.6 is 0 Å². The summed E-state index contributed by atoms with van der Waals surface area (Å²) in [4.78, 5) is 18.0. The van der Waals surface area contributed by atoms with Crippen molar-refractivity contribution in [3.8, 4) is 0 Å². The minimum atomic E-state index is -0.721. The van der Waals surface area contributed by atoms with E-state index in [1.165, 1.54) is 12.4 Å². The minimum Gasteiger partial charge on any atom is -0.422 e. The fourth-order valence-electron chi connectivity index (χ4n) is 0.957. The number of hydrogen-bond donors (Lipinski definition) is 1. The molecule has 2 aromatic rings. The number of hydrogen-bond acceptors (Lipinski definition) is 4. The Labute approximate surface area is 66.9 Å². The van der Waals surface area contributed by atoms with Crippen molar-refractivity contribution in [1.82, 2.24) is 14.7 Å². The summed E-state index contributed by atoms with van der Waals surface area (Å²) in [5, 5.41) is 9.76. The second-order valence-corrected chi connectivity index (χ2v) is 2.27. The lowest BCUT2D eigenvalue weighted by Crippen LogP contribution is -2.20. The Morgan fingerprint density at radius 2 is 2.25 bits per heavy atom. The van der Waals surface area contributed by atoms with Crippen molar-refractivity contribution >= 4 is 11.0 Å². The lowest BCUT2D eigenvalue weighted by Gasteiger charge is -1.98. The van der Waals surface area contributed by atoms with Crippen molar-refractivity contribution in [3.05, 3.63) is 35.0 Å². The first-order valence-corrected chi connectivity index (χ1v) is 3.31. The van der Waals surface area contributed by atoms with E-state index in [-0.39, 0.29) is 5.65 Å². The molecule has 0 aliphatic rings. The van der Waals surface area contributed by atoms with Crippen LogP contribution in [0.3, 0.4) is 0 Å². The van der Waals surface area contributed by atoms with Gasteiger partial charge in [-0.15, -0.1) is 4.73 Å². The summed E-state index contributed by atoms with van der Waals surface area (Å²) < 4.78 is 0.426. The summed E-state index contributed by atoms with van der Waals surface area (Å²) in [5.74, 6) is 0. The van der Waals surface area contributed by atoms with E-state index in [1.54, 1.807) is 12.1 Å². The summed E-state index contributed by atoms with van der Waals surface area (Å²) >= 11 is 0. The van der Waals surface area contributed by atoms with Gasteiger partial charge in [-0.05, 0) is 12.1 Å². The molecular weight excluding hydrogens is 158 g/mol. The van der Waals surface area contributed by atoms with Gasteiger partial charge >= 0.3 is 5.69 Å². The monoisotopic (exact) mass is 163 g/mol. The zero-order valence-electron chi connectivity index (χ0n) is 6.01. The van der Waals surface area contributed by atoms with E-state index in [0.717, 1.165) is 0 Å². The first kappa shape index (κ1) is 6.78. The van der Waals surface area contributed by atoms with E-state index in [4.69, 9.17) is 5.21 Å². The van der Waals surface area contributed by atoms with Gasteiger partial charge in [0.1, 0.15) is 0 Å². The van der Waals surface area contributed by atoms with Gasteiger partial charge in [-0.2, -0.15) is 4.98 Å². The standard InChI is InChI=1S/C7H5N3O2/c11-7-9-4-5-2-1-3-8-6(5)10(7)12/h1-4,12H. The highest BCUT2D eigenvalue weighted by molar-refractivity contribution is 5.72. The maximum absolute atomic E-state index is 10.8. The van der Waals surface area contributed by atoms with E-state index < -0.39 is 5.69 Å². The molecule has 0 amide bonds.